The molecular formula is C21H22N6O10S2. The van der Waals surface area contributed by atoms with Gasteiger partial charge in [0.25, 0.3) is 5.91 Å². The minimum Gasteiger partial charge on any atom is -0.457 e. The van der Waals surface area contributed by atoms with Crippen LogP contribution in [0.15, 0.2) is 35.9 Å². The van der Waals surface area contributed by atoms with Crippen LogP contribution in [0.25, 0.3) is 0 Å². The van der Waals surface area contributed by atoms with Gasteiger partial charge in [-0.25, -0.2) is 14.6 Å². The Morgan fingerprint density at radius 1 is 1.31 bits per heavy atom. The minimum atomic E-state index is -1.60. The molecule has 1 fully saturated rings. The molecule has 0 spiro atoms. The van der Waals surface area contributed by atoms with Crippen molar-refractivity contribution in [2.75, 3.05) is 26.4 Å². The van der Waals surface area contributed by atoms with Gasteiger partial charge in [0.05, 0.1) is 5.69 Å². The Bertz CT molecular complexity index is 1430. The number of thiazole rings is 1. The van der Waals surface area contributed by atoms with Crippen molar-refractivity contribution in [3.63, 3.8) is 0 Å². The van der Waals surface area contributed by atoms with Crippen molar-refractivity contribution in [2.24, 2.45) is 11.1 Å². The van der Waals surface area contributed by atoms with E-state index in [0.29, 0.717) is 6.21 Å². The van der Waals surface area contributed by atoms with E-state index in [0.717, 1.165) is 23.1 Å². The molecule has 4 N–H and O–H groups in total. The number of oxime groups is 1. The van der Waals surface area contributed by atoms with E-state index in [1.807, 2.05) is 0 Å². The van der Waals surface area contributed by atoms with E-state index in [4.69, 9.17) is 29.2 Å². The topological polar surface area (TPSA) is 220 Å². The van der Waals surface area contributed by atoms with Gasteiger partial charge >= 0.3 is 17.9 Å². The third-order valence-electron chi connectivity index (χ3n) is 5.63. The Morgan fingerprint density at radius 2 is 2.05 bits per heavy atom. The number of amides is 3. The zero-order chi connectivity index (χ0) is 28.5. The van der Waals surface area contributed by atoms with Crippen molar-refractivity contribution < 1.29 is 42.7 Å². The zero-order valence-corrected chi connectivity index (χ0v) is 22.2. The predicted molar refractivity (Wildman–Crippen MR) is 133 cm³/mol. The van der Waals surface area contributed by atoms with Crippen molar-refractivity contribution in [1.82, 2.24) is 20.1 Å². The number of ether oxygens (including phenoxy) is 2. The first kappa shape index (κ1) is 27.7. The second-order valence-electron chi connectivity index (χ2n) is 8.36. The molecular weight excluding hydrogens is 560 g/mol. The Morgan fingerprint density at radius 3 is 2.64 bits per heavy atom. The van der Waals surface area contributed by atoms with Crippen LogP contribution in [-0.2, 0) is 35.3 Å². The van der Waals surface area contributed by atoms with E-state index in [2.05, 4.69) is 15.5 Å². The maximum atomic E-state index is 13.0. The number of aryl methyl sites for hydroxylation is 1. The fraction of sp³-hybridized carbons (Fsp3) is 0.381. The number of carbonyl (C=O) groups is 4. The standard InChI is InChI=1S/C21H22N6O10S2/c1-9-11(37-20(32)36-9)7-34-17(30)14-15(29)27-5-10(6-35-19(31)26(2)3)21(39-16(14)27,25-13(28)4-23-33)12-8-38-18(22)24-12/h4-5,8,14,16,33H,6-7H2,1-3H3,(H2,22,24)(H,25,28)/b23-4-/t14-,16+,21?/m1/s1. The second kappa shape index (κ2) is 10.8. The molecule has 2 aliphatic rings. The molecule has 2 aromatic rings. The average Bonchev–Trinajstić information content (AvgIpc) is 3.45. The second-order valence-corrected chi connectivity index (χ2v) is 10.6. The molecule has 0 bridgehead atoms. The predicted octanol–water partition coefficient (Wildman–Crippen LogP) is 0.166. The van der Waals surface area contributed by atoms with Crippen LogP contribution in [0.3, 0.4) is 0 Å². The highest BCUT2D eigenvalue weighted by Crippen LogP contribution is 2.53. The summed E-state index contributed by atoms with van der Waals surface area (Å²) >= 11 is 2.00. The zero-order valence-electron chi connectivity index (χ0n) is 20.6. The summed E-state index contributed by atoms with van der Waals surface area (Å²) in [5.74, 6) is -4.55. The first-order valence-electron chi connectivity index (χ1n) is 11.0. The van der Waals surface area contributed by atoms with E-state index in [1.54, 1.807) is 5.38 Å². The molecule has 3 amide bonds. The molecule has 39 heavy (non-hydrogen) atoms. The van der Waals surface area contributed by atoms with Crippen LogP contribution in [-0.4, -0.2) is 76.2 Å². The Balaban J connectivity index is 1.68. The highest BCUT2D eigenvalue weighted by atomic mass is 32.2. The number of hydrogen-bond acceptors (Lipinski definition) is 15. The molecule has 1 saturated heterocycles. The van der Waals surface area contributed by atoms with Crippen molar-refractivity contribution in [2.45, 2.75) is 23.8 Å². The van der Waals surface area contributed by atoms with Gasteiger partial charge in [-0.15, -0.1) is 11.3 Å². The minimum absolute atomic E-state index is 0.0129. The van der Waals surface area contributed by atoms with E-state index in [1.165, 1.54) is 37.0 Å². The monoisotopic (exact) mass is 582 g/mol. The SMILES string of the molecule is Cc1oc(=O)oc1COC(=O)[C@@H]1C(=O)N2C=C(COC(=O)N(C)C)C(NC(=O)/C=N\O)(c3csc(N)n3)S[C@@H]12. The Kier molecular flexibility index (Phi) is 7.68. The van der Waals surface area contributed by atoms with Crippen LogP contribution in [0.2, 0.25) is 0 Å². The maximum Gasteiger partial charge on any atom is 0.519 e. The van der Waals surface area contributed by atoms with E-state index in [9.17, 15) is 24.0 Å². The Hall–Kier alpha value is -4.32. The van der Waals surface area contributed by atoms with Gasteiger partial charge in [0.2, 0.25) is 5.91 Å². The van der Waals surface area contributed by atoms with E-state index >= 15 is 0 Å². The van der Waals surface area contributed by atoms with Crippen molar-refractivity contribution in [3.05, 3.63) is 45.0 Å². The fourth-order valence-corrected chi connectivity index (χ4v) is 6.07. The van der Waals surface area contributed by atoms with Crippen molar-refractivity contribution in [1.29, 1.82) is 0 Å². The van der Waals surface area contributed by atoms with Gasteiger partial charge in [-0.1, -0.05) is 16.9 Å². The summed E-state index contributed by atoms with van der Waals surface area (Å²) < 4.78 is 20.1. The summed E-state index contributed by atoms with van der Waals surface area (Å²) in [5, 5.41) is 15.1. The molecule has 208 valence electrons. The van der Waals surface area contributed by atoms with Crippen LogP contribution < -0.4 is 16.9 Å². The van der Waals surface area contributed by atoms with Crippen LogP contribution >= 0.6 is 23.1 Å². The summed E-state index contributed by atoms with van der Waals surface area (Å²) in [6.07, 6.45) is 1.25. The number of rotatable bonds is 8. The molecule has 4 rings (SSSR count). The van der Waals surface area contributed by atoms with Gasteiger partial charge in [-0.05, 0) is 6.92 Å². The molecule has 0 aliphatic carbocycles. The van der Waals surface area contributed by atoms with Crippen LogP contribution in [0.5, 0.6) is 0 Å². The van der Waals surface area contributed by atoms with Crippen molar-refractivity contribution >= 4 is 58.3 Å². The number of nitrogen functional groups attached to an aromatic ring is 1. The number of nitrogens with zero attached hydrogens (tertiary/aromatic N) is 4. The molecule has 4 heterocycles. The maximum absolute atomic E-state index is 13.0. The largest absolute Gasteiger partial charge is 0.519 e. The van der Waals surface area contributed by atoms with Gasteiger partial charge in [0.15, 0.2) is 34.0 Å². The fourth-order valence-electron chi connectivity index (χ4n) is 3.73. The molecule has 3 atom stereocenters. The number of nitrogens with one attached hydrogen (secondary N) is 1. The van der Waals surface area contributed by atoms with Gasteiger partial charge < -0.3 is 44.4 Å². The lowest BCUT2D eigenvalue weighted by Crippen LogP contribution is -2.65. The normalized spacial score (nSPS) is 22.1. The quantitative estimate of drug-likeness (QED) is 0.0944. The summed E-state index contributed by atoms with van der Waals surface area (Å²) in [6.45, 7) is 0.613. The lowest BCUT2D eigenvalue weighted by atomic mass is 9.96. The smallest absolute Gasteiger partial charge is 0.457 e. The van der Waals surface area contributed by atoms with Crippen molar-refractivity contribution in [3.8, 4) is 0 Å². The number of nitrogens with two attached hydrogens (primary N) is 1. The first-order chi connectivity index (χ1) is 18.5. The molecule has 1 unspecified atom stereocenters. The number of thioether (sulfide) groups is 1. The molecule has 18 heteroatoms. The number of hydrogen-bond donors (Lipinski definition) is 3. The van der Waals surface area contributed by atoms with Gasteiger partial charge in [-0.2, -0.15) is 0 Å². The summed E-state index contributed by atoms with van der Waals surface area (Å²) in [6, 6.07) is 0. The van der Waals surface area contributed by atoms with E-state index < -0.39 is 52.5 Å². The summed E-state index contributed by atoms with van der Waals surface area (Å²) in [5.41, 5.74) is 6.27. The third kappa shape index (κ3) is 5.32. The van der Waals surface area contributed by atoms with Gasteiger partial charge in [0.1, 0.15) is 18.2 Å². The number of anilines is 1. The third-order valence-corrected chi connectivity index (χ3v) is 7.97. The first-order valence-corrected chi connectivity index (χ1v) is 12.7. The Labute approximate surface area is 227 Å². The molecule has 0 aromatic carbocycles. The van der Waals surface area contributed by atoms with E-state index in [-0.39, 0.29) is 34.5 Å². The highest BCUT2D eigenvalue weighted by molar-refractivity contribution is 8.01. The number of β-lactam (4-membered cyclic amide) rings is 1. The number of esters is 1. The molecule has 2 aliphatic heterocycles. The number of carbonyl (C=O) groups excluding carboxylic acids is 4. The highest BCUT2D eigenvalue weighted by Gasteiger charge is 2.60. The average molecular weight is 583 g/mol. The summed E-state index contributed by atoms with van der Waals surface area (Å²) in [4.78, 5) is 67.0. The molecule has 16 nitrogen and oxygen atoms in total. The van der Waals surface area contributed by atoms with Crippen LogP contribution in [0, 0.1) is 12.8 Å². The van der Waals surface area contributed by atoms with Crippen LogP contribution in [0.1, 0.15) is 17.2 Å². The molecule has 0 radical (unpaired) electrons. The number of fused-ring (bicyclic) bond motifs is 1. The number of aromatic nitrogens is 1. The molecule has 2 aromatic heterocycles. The van der Waals surface area contributed by atoms with Crippen LogP contribution in [0.4, 0.5) is 9.93 Å². The summed E-state index contributed by atoms with van der Waals surface area (Å²) in [7, 11) is 2.95. The lowest BCUT2D eigenvalue weighted by molar-refractivity contribution is -0.166. The van der Waals surface area contributed by atoms with Gasteiger partial charge in [0, 0.05) is 31.2 Å². The lowest BCUT2D eigenvalue weighted by Gasteiger charge is -2.51. The molecule has 0 saturated carbocycles. The van der Waals surface area contributed by atoms with Gasteiger partial charge in [-0.3, -0.25) is 14.4 Å².